The number of unbranched alkanes of at least 4 members (excludes halogenated alkanes) is 1. The summed E-state index contributed by atoms with van der Waals surface area (Å²) in [6.07, 6.45) is -5.64. The molecule has 1 saturated heterocycles. The molecule has 2 unspecified atom stereocenters. The molecule has 246 valence electrons. The monoisotopic (exact) mass is 647 g/mol. The number of alkyl halides is 6. The van der Waals surface area contributed by atoms with Gasteiger partial charge in [0.2, 0.25) is 5.91 Å². The van der Waals surface area contributed by atoms with Crippen molar-refractivity contribution in [1.82, 2.24) is 16.0 Å². The lowest BCUT2D eigenvalue weighted by Crippen LogP contribution is -2.48. The van der Waals surface area contributed by atoms with Crippen molar-refractivity contribution in [3.8, 4) is 16.9 Å². The van der Waals surface area contributed by atoms with Gasteiger partial charge in [0.25, 0.3) is 5.91 Å². The van der Waals surface area contributed by atoms with Crippen molar-refractivity contribution in [2.45, 2.75) is 68.4 Å². The van der Waals surface area contributed by atoms with Crippen LogP contribution in [0.3, 0.4) is 0 Å². The first-order valence-electron chi connectivity index (χ1n) is 15.2. The number of amides is 2. The summed E-state index contributed by atoms with van der Waals surface area (Å²) in [7, 11) is 0. The summed E-state index contributed by atoms with van der Waals surface area (Å²) < 4.78 is 82.3. The first kappa shape index (κ1) is 33.3. The molecule has 0 spiro atoms. The molecule has 3 N–H and O–H groups in total. The van der Waals surface area contributed by atoms with Crippen LogP contribution in [-0.4, -0.2) is 55.9 Å². The molecule has 0 radical (unpaired) electrons. The van der Waals surface area contributed by atoms with Crippen LogP contribution < -0.4 is 20.7 Å². The fraction of sp³-hybridized carbons (Fsp3) is 0.412. The topological polar surface area (TPSA) is 79.5 Å². The molecule has 2 aliphatic rings. The van der Waals surface area contributed by atoms with E-state index in [0.29, 0.717) is 56.2 Å². The molecule has 5 rings (SSSR count). The lowest BCUT2D eigenvalue weighted by Gasteiger charge is -2.33. The second kappa shape index (κ2) is 13.7. The Bertz CT molecular complexity index is 1500. The Morgan fingerprint density at radius 2 is 1.48 bits per heavy atom. The Hall–Kier alpha value is -4.06. The Morgan fingerprint density at radius 3 is 2.13 bits per heavy atom. The SMILES string of the molecule is O=C(NC1CCNC(CCCCC2(C(=O)NCC(F)(F)F)c3ccccc3-c3ccccc32)C1)c1ccccc1OCC(F)(F)F. The number of carbonyl (C=O) groups is 2. The van der Waals surface area contributed by atoms with Gasteiger partial charge in [-0.25, -0.2) is 0 Å². The third-order valence-electron chi connectivity index (χ3n) is 8.61. The number of hydrogen-bond acceptors (Lipinski definition) is 4. The maximum absolute atomic E-state index is 13.7. The number of benzene rings is 3. The van der Waals surface area contributed by atoms with Gasteiger partial charge in [-0.1, -0.05) is 73.5 Å². The minimum atomic E-state index is -4.55. The first-order chi connectivity index (χ1) is 21.9. The predicted octanol–water partition coefficient (Wildman–Crippen LogP) is 6.68. The minimum Gasteiger partial charge on any atom is -0.483 e. The van der Waals surface area contributed by atoms with Crippen molar-refractivity contribution in [3.05, 3.63) is 89.5 Å². The molecule has 1 fully saturated rings. The van der Waals surface area contributed by atoms with E-state index in [1.165, 1.54) is 18.2 Å². The van der Waals surface area contributed by atoms with Gasteiger partial charge in [-0.15, -0.1) is 0 Å². The van der Waals surface area contributed by atoms with Crippen LogP contribution >= 0.6 is 0 Å². The zero-order valence-electron chi connectivity index (χ0n) is 24.9. The van der Waals surface area contributed by atoms with Gasteiger partial charge in [0.05, 0.1) is 5.56 Å². The maximum Gasteiger partial charge on any atom is 0.422 e. The van der Waals surface area contributed by atoms with E-state index >= 15 is 0 Å². The normalized spacial score (nSPS) is 18.7. The molecule has 0 aromatic heterocycles. The van der Waals surface area contributed by atoms with Crippen molar-refractivity contribution in [1.29, 1.82) is 0 Å². The number of fused-ring (bicyclic) bond motifs is 3. The molecule has 2 atom stereocenters. The molecular weight excluding hydrogens is 612 g/mol. The van der Waals surface area contributed by atoms with Crippen molar-refractivity contribution in [3.63, 3.8) is 0 Å². The van der Waals surface area contributed by atoms with E-state index in [2.05, 4.69) is 16.0 Å². The number of hydrogen-bond donors (Lipinski definition) is 3. The third kappa shape index (κ3) is 7.66. The third-order valence-corrected chi connectivity index (χ3v) is 8.61. The molecular formula is C34H35F6N3O3. The van der Waals surface area contributed by atoms with E-state index < -0.39 is 42.7 Å². The first-order valence-corrected chi connectivity index (χ1v) is 15.2. The van der Waals surface area contributed by atoms with Crippen molar-refractivity contribution in [2.24, 2.45) is 0 Å². The molecule has 6 nitrogen and oxygen atoms in total. The average Bonchev–Trinajstić information content (AvgIpc) is 3.31. The van der Waals surface area contributed by atoms with Crippen LogP contribution in [0, 0.1) is 0 Å². The molecule has 2 amide bonds. The second-order valence-electron chi connectivity index (χ2n) is 11.8. The van der Waals surface area contributed by atoms with Gasteiger partial charge in [-0.05, 0) is 66.6 Å². The largest absolute Gasteiger partial charge is 0.483 e. The number of para-hydroxylation sites is 1. The Morgan fingerprint density at radius 1 is 0.848 bits per heavy atom. The highest BCUT2D eigenvalue weighted by molar-refractivity contribution is 6.00. The van der Waals surface area contributed by atoms with E-state index in [4.69, 9.17) is 4.74 Å². The Kier molecular flexibility index (Phi) is 9.95. The average molecular weight is 648 g/mol. The smallest absolute Gasteiger partial charge is 0.422 e. The van der Waals surface area contributed by atoms with Gasteiger partial charge in [-0.2, -0.15) is 26.3 Å². The van der Waals surface area contributed by atoms with Crippen molar-refractivity contribution < 1.29 is 40.7 Å². The van der Waals surface area contributed by atoms with Gasteiger partial charge in [0.15, 0.2) is 6.61 Å². The zero-order chi connectivity index (χ0) is 33.0. The number of carbonyl (C=O) groups excluding carboxylic acids is 2. The fourth-order valence-corrected chi connectivity index (χ4v) is 6.63. The standard InChI is InChI=1S/C34H35F6N3O3/c35-33(36,37)20-42-31(45)32(27-13-4-1-10-24(27)25-11-2-5-14-28(25)32)17-8-7-9-22-19-23(16-18-41-22)43-30(44)26-12-3-6-15-29(26)46-21-34(38,39)40/h1-6,10-15,22-23,41H,7-9,16-21H2,(H,42,45)(H,43,44). The number of nitrogens with one attached hydrogen (secondary N) is 3. The highest BCUT2D eigenvalue weighted by Gasteiger charge is 2.49. The summed E-state index contributed by atoms with van der Waals surface area (Å²) in [6.45, 7) is -2.31. The van der Waals surface area contributed by atoms with E-state index in [0.717, 1.165) is 11.1 Å². The quantitative estimate of drug-likeness (QED) is 0.160. The minimum absolute atomic E-state index is 0.0213. The maximum atomic E-state index is 13.7. The van der Waals surface area contributed by atoms with Crippen LogP contribution in [-0.2, 0) is 10.2 Å². The summed E-state index contributed by atoms with van der Waals surface area (Å²) >= 11 is 0. The number of rotatable bonds is 11. The van der Waals surface area contributed by atoms with Gasteiger partial charge < -0.3 is 20.7 Å². The molecule has 0 bridgehead atoms. The zero-order valence-corrected chi connectivity index (χ0v) is 24.9. The van der Waals surface area contributed by atoms with Gasteiger partial charge in [0, 0.05) is 12.1 Å². The summed E-state index contributed by atoms with van der Waals surface area (Å²) in [4.78, 5) is 26.7. The van der Waals surface area contributed by atoms with Crippen LogP contribution in [0.2, 0.25) is 0 Å². The molecule has 3 aromatic rings. The number of ether oxygens (including phenoxy) is 1. The Balaban J connectivity index is 1.22. The van der Waals surface area contributed by atoms with E-state index in [1.54, 1.807) is 18.2 Å². The molecule has 12 heteroatoms. The summed E-state index contributed by atoms with van der Waals surface area (Å²) in [6, 6.07) is 20.2. The van der Waals surface area contributed by atoms with Crippen molar-refractivity contribution in [2.75, 3.05) is 19.7 Å². The highest BCUT2D eigenvalue weighted by Crippen LogP contribution is 2.51. The molecule has 3 aromatic carbocycles. The molecule has 1 aliphatic heterocycles. The van der Waals surface area contributed by atoms with E-state index in [1.807, 2.05) is 36.4 Å². The molecule has 1 heterocycles. The summed E-state index contributed by atoms with van der Waals surface area (Å²) in [5.41, 5.74) is 1.79. The fourth-order valence-electron chi connectivity index (χ4n) is 6.63. The summed E-state index contributed by atoms with van der Waals surface area (Å²) in [5.74, 6) is -1.35. The molecule has 1 aliphatic carbocycles. The van der Waals surface area contributed by atoms with Crippen LogP contribution in [0.4, 0.5) is 26.3 Å². The van der Waals surface area contributed by atoms with Crippen LogP contribution in [0.1, 0.15) is 60.0 Å². The summed E-state index contributed by atoms with van der Waals surface area (Å²) in [5, 5.41) is 8.51. The molecule has 0 saturated carbocycles. The number of piperidine rings is 1. The lowest BCUT2D eigenvalue weighted by atomic mass is 9.73. The van der Waals surface area contributed by atoms with Gasteiger partial charge >= 0.3 is 12.4 Å². The predicted molar refractivity (Wildman–Crippen MR) is 160 cm³/mol. The lowest BCUT2D eigenvalue weighted by molar-refractivity contribution is -0.153. The second-order valence-corrected chi connectivity index (χ2v) is 11.8. The van der Waals surface area contributed by atoms with Crippen LogP contribution in [0.25, 0.3) is 11.1 Å². The highest BCUT2D eigenvalue weighted by atomic mass is 19.4. The Labute approximate surface area is 262 Å². The van der Waals surface area contributed by atoms with Gasteiger partial charge in [0.1, 0.15) is 17.7 Å². The van der Waals surface area contributed by atoms with Gasteiger partial charge in [-0.3, -0.25) is 9.59 Å². The number of halogens is 6. The van der Waals surface area contributed by atoms with E-state index in [-0.39, 0.29) is 23.4 Å². The molecule has 46 heavy (non-hydrogen) atoms. The van der Waals surface area contributed by atoms with E-state index in [9.17, 15) is 35.9 Å². The van der Waals surface area contributed by atoms with Crippen LogP contribution in [0.5, 0.6) is 5.75 Å². The van der Waals surface area contributed by atoms with Crippen LogP contribution in [0.15, 0.2) is 72.8 Å². The van der Waals surface area contributed by atoms with Crippen molar-refractivity contribution >= 4 is 11.8 Å².